The molecule has 0 spiro atoms. The molecule has 0 heterocycles. The summed E-state index contributed by atoms with van der Waals surface area (Å²) in [7, 11) is 0. The van der Waals surface area contributed by atoms with E-state index in [1.54, 1.807) is 19.1 Å². The van der Waals surface area contributed by atoms with Crippen LogP contribution >= 0.6 is 15.9 Å². The van der Waals surface area contributed by atoms with E-state index in [0.717, 1.165) is 10.0 Å². The van der Waals surface area contributed by atoms with Gasteiger partial charge in [0.05, 0.1) is 0 Å². The molecular formula is C11H13BrO3. The average Bonchev–Trinajstić information content (AvgIpc) is 2.25. The van der Waals surface area contributed by atoms with Crippen LogP contribution in [0.4, 0.5) is 0 Å². The minimum Gasteiger partial charge on any atom is -0.463 e. The highest BCUT2D eigenvalue weighted by Gasteiger charge is 2.10. The van der Waals surface area contributed by atoms with Gasteiger partial charge in [-0.15, -0.1) is 0 Å². The Labute approximate surface area is 97.2 Å². The molecule has 4 heteroatoms. The van der Waals surface area contributed by atoms with Gasteiger partial charge in [0.15, 0.2) is 0 Å². The number of halogens is 1. The lowest BCUT2D eigenvalue weighted by molar-refractivity contribution is -0.146. The van der Waals surface area contributed by atoms with Gasteiger partial charge in [-0.25, -0.2) is 0 Å². The molecule has 82 valence electrons. The minimum atomic E-state index is -0.766. The fourth-order valence-electron chi connectivity index (χ4n) is 1.08. The van der Waals surface area contributed by atoms with Gasteiger partial charge in [0.2, 0.25) is 0 Å². The standard InChI is InChI=1S/C11H13BrO3/c1-2-11(14)15-7-10(13)8-4-3-5-9(12)6-8/h3-6,10,13H,2,7H2,1H3. The van der Waals surface area contributed by atoms with E-state index in [-0.39, 0.29) is 12.6 Å². The highest BCUT2D eigenvalue weighted by atomic mass is 79.9. The molecule has 0 saturated carbocycles. The Morgan fingerprint density at radius 1 is 1.60 bits per heavy atom. The number of aliphatic hydroxyl groups is 1. The number of aliphatic hydroxyl groups excluding tert-OH is 1. The summed E-state index contributed by atoms with van der Waals surface area (Å²) in [5, 5.41) is 9.69. The Hall–Kier alpha value is -0.870. The third-order valence-corrected chi connectivity index (χ3v) is 2.42. The molecule has 0 aliphatic rings. The Kier molecular flexibility index (Phi) is 4.78. The highest BCUT2D eigenvalue weighted by molar-refractivity contribution is 9.10. The molecule has 0 saturated heterocycles. The summed E-state index contributed by atoms with van der Waals surface area (Å²) in [6, 6.07) is 7.28. The maximum absolute atomic E-state index is 10.9. The first kappa shape index (κ1) is 12.2. The quantitative estimate of drug-likeness (QED) is 0.857. The van der Waals surface area contributed by atoms with Gasteiger partial charge in [-0.1, -0.05) is 35.0 Å². The number of hydrogen-bond acceptors (Lipinski definition) is 3. The predicted octanol–water partition coefficient (Wildman–Crippen LogP) is 2.44. The first-order valence-electron chi connectivity index (χ1n) is 4.72. The van der Waals surface area contributed by atoms with E-state index in [9.17, 15) is 9.90 Å². The number of esters is 1. The van der Waals surface area contributed by atoms with Crippen LogP contribution < -0.4 is 0 Å². The predicted molar refractivity (Wildman–Crippen MR) is 60.4 cm³/mol. The van der Waals surface area contributed by atoms with Crippen molar-refractivity contribution in [2.45, 2.75) is 19.4 Å². The normalized spacial score (nSPS) is 12.2. The molecule has 1 unspecified atom stereocenters. The van der Waals surface area contributed by atoms with Crippen molar-refractivity contribution in [1.82, 2.24) is 0 Å². The Balaban J connectivity index is 2.53. The highest BCUT2D eigenvalue weighted by Crippen LogP contribution is 2.18. The fourth-order valence-corrected chi connectivity index (χ4v) is 1.50. The second kappa shape index (κ2) is 5.88. The molecule has 0 amide bonds. The summed E-state index contributed by atoms with van der Waals surface area (Å²) in [4.78, 5) is 10.9. The summed E-state index contributed by atoms with van der Waals surface area (Å²) < 4.78 is 5.73. The van der Waals surface area contributed by atoms with Crippen LogP contribution in [0, 0.1) is 0 Å². The molecule has 1 aromatic carbocycles. The summed E-state index contributed by atoms with van der Waals surface area (Å²) in [5.74, 6) is -0.302. The van der Waals surface area contributed by atoms with E-state index in [1.807, 2.05) is 12.1 Å². The van der Waals surface area contributed by atoms with Crippen LogP contribution in [0.5, 0.6) is 0 Å². The van der Waals surface area contributed by atoms with Crippen molar-refractivity contribution in [3.63, 3.8) is 0 Å². The largest absolute Gasteiger partial charge is 0.463 e. The van der Waals surface area contributed by atoms with Crippen LogP contribution in [0.15, 0.2) is 28.7 Å². The molecule has 0 aliphatic heterocycles. The van der Waals surface area contributed by atoms with E-state index < -0.39 is 6.10 Å². The monoisotopic (exact) mass is 272 g/mol. The van der Waals surface area contributed by atoms with Crippen LogP contribution in [0.2, 0.25) is 0 Å². The van der Waals surface area contributed by atoms with E-state index in [4.69, 9.17) is 4.74 Å². The molecule has 0 radical (unpaired) electrons. The topological polar surface area (TPSA) is 46.5 Å². The zero-order chi connectivity index (χ0) is 11.3. The fraction of sp³-hybridized carbons (Fsp3) is 0.364. The molecular weight excluding hydrogens is 260 g/mol. The molecule has 15 heavy (non-hydrogen) atoms. The number of hydrogen-bond donors (Lipinski definition) is 1. The van der Waals surface area contributed by atoms with E-state index >= 15 is 0 Å². The van der Waals surface area contributed by atoms with Gasteiger partial charge >= 0.3 is 5.97 Å². The van der Waals surface area contributed by atoms with E-state index in [0.29, 0.717) is 6.42 Å². The average molecular weight is 273 g/mol. The van der Waals surface area contributed by atoms with Crippen molar-refractivity contribution in [2.75, 3.05) is 6.61 Å². The van der Waals surface area contributed by atoms with Gasteiger partial charge in [0.25, 0.3) is 0 Å². The molecule has 0 aromatic heterocycles. The molecule has 1 atom stereocenters. The summed E-state index contributed by atoms with van der Waals surface area (Å²) in [6.45, 7) is 1.72. The number of carbonyl (C=O) groups excluding carboxylic acids is 1. The van der Waals surface area contributed by atoms with Crippen molar-refractivity contribution in [2.24, 2.45) is 0 Å². The van der Waals surface area contributed by atoms with Crippen LogP contribution in [0.3, 0.4) is 0 Å². The molecule has 0 aliphatic carbocycles. The first-order chi connectivity index (χ1) is 7.13. The third-order valence-electron chi connectivity index (χ3n) is 1.92. The van der Waals surface area contributed by atoms with Crippen LogP contribution in [0.25, 0.3) is 0 Å². The molecule has 0 fully saturated rings. The zero-order valence-electron chi connectivity index (χ0n) is 8.44. The molecule has 3 nitrogen and oxygen atoms in total. The van der Waals surface area contributed by atoms with Gasteiger partial charge in [-0.05, 0) is 17.7 Å². The van der Waals surface area contributed by atoms with Crippen molar-refractivity contribution >= 4 is 21.9 Å². The second-order valence-corrected chi connectivity index (χ2v) is 4.02. The lowest BCUT2D eigenvalue weighted by Crippen LogP contribution is -2.11. The van der Waals surface area contributed by atoms with Crippen molar-refractivity contribution < 1.29 is 14.6 Å². The molecule has 1 rings (SSSR count). The second-order valence-electron chi connectivity index (χ2n) is 3.11. The SMILES string of the molecule is CCC(=O)OCC(O)c1cccc(Br)c1. The van der Waals surface area contributed by atoms with Crippen LogP contribution in [-0.4, -0.2) is 17.7 Å². The third kappa shape index (κ3) is 4.01. The van der Waals surface area contributed by atoms with Crippen molar-refractivity contribution in [1.29, 1.82) is 0 Å². The van der Waals surface area contributed by atoms with Gasteiger partial charge in [-0.2, -0.15) is 0 Å². The number of carbonyl (C=O) groups is 1. The smallest absolute Gasteiger partial charge is 0.305 e. The molecule has 0 bridgehead atoms. The Morgan fingerprint density at radius 3 is 2.93 bits per heavy atom. The lowest BCUT2D eigenvalue weighted by atomic mass is 10.1. The maximum Gasteiger partial charge on any atom is 0.305 e. The van der Waals surface area contributed by atoms with Gasteiger partial charge in [0.1, 0.15) is 12.7 Å². The maximum atomic E-state index is 10.9. The van der Waals surface area contributed by atoms with Crippen LogP contribution in [-0.2, 0) is 9.53 Å². The number of rotatable bonds is 4. The van der Waals surface area contributed by atoms with Gasteiger partial charge in [-0.3, -0.25) is 4.79 Å². The minimum absolute atomic E-state index is 0.00310. The van der Waals surface area contributed by atoms with E-state index in [2.05, 4.69) is 15.9 Å². The Morgan fingerprint density at radius 2 is 2.33 bits per heavy atom. The first-order valence-corrected chi connectivity index (χ1v) is 5.52. The zero-order valence-corrected chi connectivity index (χ0v) is 10.0. The van der Waals surface area contributed by atoms with Gasteiger partial charge < -0.3 is 9.84 Å². The lowest BCUT2D eigenvalue weighted by Gasteiger charge is -2.11. The van der Waals surface area contributed by atoms with Gasteiger partial charge in [0, 0.05) is 10.9 Å². The summed E-state index contributed by atoms with van der Waals surface area (Å²) in [6.07, 6.45) is -0.441. The van der Waals surface area contributed by atoms with Crippen molar-refractivity contribution in [3.8, 4) is 0 Å². The van der Waals surface area contributed by atoms with Crippen LogP contribution in [0.1, 0.15) is 25.0 Å². The summed E-state index contributed by atoms with van der Waals surface area (Å²) >= 11 is 3.31. The number of ether oxygens (including phenoxy) is 1. The Bertz CT molecular complexity index is 338. The summed E-state index contributed by atoms with van der Waals surface area (Å²) in [5.41, 5.74) is 0.730. The molecule has 1 aromatic rings. The molecule has 1 N–H and O–H groups in total. The number of benzene rings is 1. The van der Waals surface area contributed by atoms with Crippen molar-refractivity contribution in [3.05, 3.63) is 34.3 Å². The van der Waals surface area contributed by atoms with E-state index in [1.165, 1.54) is 0 Å².